The topological polar surface area (TPSA) is 66.9 Å². The molecule has 2 N–H and O–H groups in total. The van der Waals surface area contributed by atoms with Crippen LogP contribution >= 0.6 is 23.3 Å². The summed E-state index contributed by atoms with van der Waals surface area (Å²) >= 11 is 7.27. The van der Waals surface area contributed by atoms with Crippen molar-refractivity contribution in [2.24, 2.45) is 11.8 Å². The SMILES string of the molecule is CC1CNCC1C(=O)Nc1c(Cl)ccc2nsnc12. The van der Waals surface area contributed by atoms with Crippen molar-refractivity contribution in [1.82, 2.24) is 14.1 Å². The van der Waals surface area contributed by atoms with Crippen molar-refractivity contribution in [1.29, 1.82) is 0 Å². The van der Waals surface area contributed by atoms with Gasteiger partial charge in [0.05, 0.1) is 28.4 Å². The molecule has 19 heavy (non-hydrogen) atoms. The number of fused-ring (bicyclic) bond motifs is 1. The van der Waals surface area contributed by atoms with E-state index in [4.69, 9.17) is 11.6 Å². The smallest absolute Gasteiger partial charge is 0.229 e. The van der Waals surface area contributed by atoms with Gasteiger partial charge in [0, 0.05) is 6.54 Å². The van der Waals surface area contributed by atoms with Crippen molar-refractivity contribution in [3.05, 3.63) is 17.2 Å². The molecule has 2 atom stereocenters. The van der Waals surface area contributed by atoms with Crippen LogP contribution < -0.4 is 10.6 Å². The second kappa shape index (κ2) is 5.03. The van der Waals surface area contributed by atoms with Crippen molar-refractivity contribution >= 4 is 46.0 Å². The van der Waals surface area contributed by atoms with E-state index in [2.05, 4.69) is 26.3 Å². The van der Waals surface area contributed by atoms with Gasteiger partial charge in [0.1, 0.15) is 11.0 Å². The fraction of sp³-hybridized carbons (Fsp3) is 0.417. The van der Waals surface area contributed by atoms with E-state index < -0.39 is 0 Å². The van der Waals surface area contributed by atoms with Crippen LogP contribution in [0, 0.1) is 11.8 Å². The Morgan fingerprint density at radius 1 is 1.47 bits per heavy atom. The molecule has 1 aromatic heterocycles. The second-order valence-electron chi connectivity index (χ2n) is 4.79. The van der Waals surface area contributed by atoms with Crippen molar-refractivity contribution in [2.75, 3.05) is 18.4 Å². The Labute approximate surface area is 119 Å². The Morgan fingerprint density at radius 3 is 3.05 bits per heavy atom. The highest BCUT2D eigenvalue weighted by Gasteiger charge is 2.30. The second-order valence-corrected chi connectivity index (χ2v) is 5.72. The lowest BCUT2D eigenvalue weighted by Crippen LogP contribution is -2.28. The Hall–Kier alpha value is -1.24. The highest BCUT2D eigenvalue weighted by atomic mass is 35.5. The maximum Gasteiger partial charge on any atom is 0.229 e. The molecule has 5 nitrogen and oxygen atoms in total. The summed E-state index contributed by atoms with van der Waals surface area (Å²) in [5.74, 6) is 0.282. The van der Waals surface area contributed by atoms with E-state index in [-0.39, 0.29) is 11.8 Å². The van der Waals surface area contributed by atoms with Crippen LogP contribution in [-0.2, 0) is 4.79 Å². The minimum atomic E-state index is -0.0297. The summed E-state index contributed by atoms with van der Waals surface area (Å²) in [5.41, 5.74) is 1.98. The summed E-state index contributed by atoms with van der Waals surface area (Å²) in [5, 5.41) is 6.61. The molecule has 1 fully saturated rings. The first-order chi connectivity index (χ1) is 9.16. The number of aromatic nitrogens is 2. The first-order valence-corrected chi connectivity index (χ1v) is 7.20. The van der Waals surface area contributed by atoms with Gasteiger partial charge in [-0.15, -0.1) is 0 Å². The molecule has 1 aromatic carbocycles. The van der Waals surface area contributed by atoms with E-state index in [0.29, 0.717) is 28.7 Å². The molecule has 0 aliphatic carbocycles. The van der Waals surface area contributed by atoms with E-state index >= 15 is 0 Å². The summed E-state index contributed by atoms with van der Waals surface area (Å²) < 4.78 is 8.34. The monoisotopic (exact) mass is 296 g/mol. The van der Waals surface area contributed by atoms with Crippen LogP contribution in [0.3, 0.4) is 0 Å². The third kappa shape index (κ3) is 2.31. The van der Waals surface area contributed by atoms with Crippen molar-refractivity contribution in [2.45, 2.75) is 6.92 Å². The Bertz CT molecular complexity index is 629. The maximum absolute atomic E-state index is 12.3. The van der Waals surface area contributed by atoms with Gasteiger partial charge in [-0.05, 0) is 24.6 Å². The fourth-order valence-electron chi connectivity index (χ4n) is 2.32. The minimum absolute atomic E-state index is 0.0140. The number of hydrogen-bond donors (Lipinski definition) is 2. The van der Waals surface area contributed by atoms with E-state index in [1.165, 1.54) is 0 Å². The Kier molecular flexibility index (Phi) is 3.38. The van der Waals surface area contributed by atoms with Gasteiger partial charge in [0.25, 0.3) is 0 Å². The zero-order valence-corrected chi connectivity index (χ0v) is 11.9. The number of nitrogens with zero attached hydrogens (tertiary/aromatic N) is 2. The predicted molar refractivity (Wildman–Crippen MR) is 76.6 cm³/mol. The van der Waals surface area contributed by atoms with Crippen molar-refractivity contribution < 1.29 is 4.79 Å². The highest BCUT2D eigenvalue weighted by Crippen LogP contribution is 2.31. The van der Waals surface area contributed by atoms with Gasteiger partial charge in [0.15, 0.2) is 0 Å². The van der Waals surface area contributed by atoms with Crippen LogP contribution in [0.2, 0.25) is 5.02 Å². The lowest BCUT2D eigenvalue weighted by atomic mass is 9.97. The molecule has 3 rings (SSSR count). The summed E-state index contributed by atoms with van der Waals surface area (Å²) in [6, 6.07) is 3.54. The quantitative estimate of drug-likeness (QED) is 0.891. The number of hydrogen-bond acceptors (Lipinski definition) is 5. The van der Waals surface area contributed by atoms with Gasteiger partial charge in [-0.25, -0.2) is 0 Å². The zero-order valence-electron chi connectivity index (χ0n) is 10.3. The Balaban J connectivity index is 1.90. The Morgan fingerprint density at radius 2 is 2.32 bits per heavy atom. The molecule has 2 heterocycles. The first kappa shape index (κ1) is 12.8. The minimum Gasteiger partial charge on any atom is -0.323 e. The van der Waals surface area contributed by atoms with Gasteiger partial charge in [-0.1, -0.05) is 18.5 Å². The third-order valence-corrected chi connectivity index (χ3v) is 4.34. The summed E-state index contributed by atoms with van der Waals surface area (Å²) in [6.45, 7) is 3.64. The van der Waals surface area contributed by atoms with Crippen LogP contribution in [0.5, 0.6) is 0 Å². The summed E-state index contributed by atoms with van der Waals surface area (Å²) in [4.78, 5) is 12.3. The number of benzene rings is 1. The van der Waals surface area contributed by atoms with E-state index in [1.54, 1.807) is 12.1 Å². The molecule has 1 saturated heterocycles. The van der Waals surface area contributed by atoms with Gasteiger partial charge in [-0.3, -0.25) is 4.79 Å². The molecule has 1 aliphatic rings. The number of amides is 1. The van der Waals surface area contributed by atoms with Crippen LogP contribution in [-0.4, -0.2) is 27.7 Å². The molecule has 0 saturated carbocycles. The summed E-state index contributed by atoms with van der Waals surface area (Å²) in [6.07, 6.45) is 0. The molecule has 0 radical (unpaired) electrons. The van der Waals surface area contributed by atoms with Gasteiger partial charge in [0.2, 0.25) is 5.91 Å². The molecule has 0 bridgehead atoms. The number of nitrogens with one attached hydrogen (secondary N) is 2. The number of halogens is 1. The van der Waals surface area contributed by atoms with Crippen molar-refractivity contribution in [3.63, 3.8) is 0 Å². The van der Waals surface area contributed by atoms with Crippen LogP contribution in [0.4, 0.5) is 5.69 Å². The fourth-order valence-corrected chi connectivity index (χ4v) is 3.07. The predicted octanol–water partition coefficient (Wildman–Crippen LogP) is 2.14. The van der Waals surface area contributed by atoms with Gasteiger partial charge >= 0.3 is 0 Å². The number of rotatable bonds is 2. The van der Waals surface area contributed by atoms with E-state index in [1.807, 2.05) is 0 Å². The molecule has 0 spiro atoms. The summed E-state index contributed by atoms with van der Waals surface area (Å²) in [7, 11) is 0. The van der Waals surface area contributed by atoms with Gasteiger partial charge < -0.3 is 10.6 Å². The van der Waals surface area contributed by atoms with Crippen LogP contribution in [0.25, 0.3) is 11.0 Å². The first-order valence-electron chi connectivity index (χ1n) is 6.09. The zero-order chi connectivity index (χ0) is 13.4. The highest BCUT2D eigenvalue weighted by molar-refractivity contribution is 7.00. The third-order valence-electron chi connectivity index (χ3n) is 3.48. The normalized spacial score (nSPS) is 22.8. The average Bonchev–Trinajstić information content (AvgIpc) is 3.01. The van der Waals surface area contributed by atoms with E-state index in [9.17, 15) is 4.79 Å². The molecule has 1 amide bonds. The standard InChI is InChI=1S/C12H13ClN4OS/c1-6-4-14-5-7(6)12(18)15-10-8(13)2-3-9-11(10)17-19-16-9/h2-3,6-7,14H,4-5H2,1H3,(H,15,18). The lowest BCUT2D eigenvalue weighted by molar-refractivity contribution is -0.120. The molecule has 7 heteroatoms. The van der Waals surface area contributed by atoms with Crippen molar-refractivity contribution in [3.8, 4) is 0 Å². The number of anilines is 1. The largest absolute Gasteiger partial charge is 0.323 e. The molecule has 2 unspecified atom stereocenters. The maximum atomic E-state index is 12.3. The van der Waals surface area contributed by atoms with Gasteiger partial charge in [-0.2, -0.15) is 8.75 Å². The lowest BCUT2D eigenvalue weighted by Gasteiger charge is -2.15. The molecular formula is C12H13ClN4OS. The number of carbonyl (C=O) groups excluding carboxylic acids is 1. The van der Waals surface area contributed by atoms with E-state index in [0.717, 1.165) is 23.8 Å². The van der Waals surface area contributed by atoms with Crippen LogP contribution in [0.1, 0.15) is 6.92 Å². The molecular weight excluding hydrogens is 284 g/mol. The molecule has 2 aromatic rings. The molecule has 100 valence electrons. The van der Waals surface area contributed by atoms with Crippen LogP contribution in [0.15, 0.2) is 12.1 Å². The average molecular weight is 297 g/mol. The molecule has 1 aliphatic heterocycles. The number of carbonyl (C=O) groups is 1.